The van der Waals surface area contributed by atoms with Gasteiger partial charge in [-0.05, 0) is 63.4 Å². The molecule has 0 aliphatic carbocycles. The molecule has 0 spiro atoms. The third-order valence-electron chi connectivity index (χ3n) is 6.32. The zero-order valence-corrected chi connectivity index (χ0v) is 22.0. The van der Waals surface area contributed by atoms with E-state index in [1.54, 1.807) is 4.90 Å². The van der Waals surface area contributed by atoms with Gasteiger partial charge in [0.25, 0.3) is 0 Å². The first kappa shape index (κ1) is 26.3. The number of hydrogen-bond donors (Lipinski definition) is 0. The summed E-state index contributed by atoms with van der Waals surface area (Å²) >= 11 is 0. The molecule has 4 rings (SSSR count). The number of aryl methyl sites for hydroxylation is 1. The highest BCUT2D eigenvalue weighted by atomic mass is 16.6. The van der Waals surface area contributed by atoms with Crippen LogP contribution in [0, 0.1) is 12.8 Å². The number of esters is 1. The maximum Gasteiger partial charge on any atom is 0.410 e. The van der Waals surface area contributed by atoms with E-state index in [-0.39, 0.29) is 36.9 Å². The summed E-state index contributed by atoms with van der Waals surface area (Å²) < 4.78 is 22.4. The zero-order valence-electron chi connectivity index (χ0n) is 22.0. The quantitative estimate of drug-likeness (QED) is 0.377. The van der Waals surface area contributed by atoms with Crippen molar-refractivity contribution in [2.24, 2.45) is 5.92 Å². The lowest BCUT2D eigenvalue weighted by Crippen LogP contribution is -2.35. The minimum absolute atomic E-state index is 0.0614. The van der Waals surface area contributed by atoms with Gasteiger partial charge in [0.05, 0.1) is 13.5 Å². The highest BCUT2D eigenvalue weighted by Crippen LogP contribution is 2.37. The van der Waals surface area contributed by atoms with Gasteiger partial charge in [0.1, 0.15) is 29.4 Å². The van der Waals surface area contributed by atoms with Gasteiger partial charge in [0, 0.05) is 24.6 Å². The fourth-order valence-electron chi connectivity index (χ4n) is 4.48. The van der Waals surface area contributed by atoms with Crippen molar-refractivity contribution in [2.75, 3.05) is 20.2 Å². The highest BCUT2D eigenvalue weighted by molar-refractivity contribution is 5.71. The largest absolute Gasteiger partial charge is 0.487 e. The second kappa shape index (κ2) is 11.1. The molecule has 1 fully saturated rings. The van der Waals surface area contributed by atoms with E-state index in [2.05, 4.69) is 4.98 Å². The number of likely N-dealkylation sites (tertiary alicyclic amines) is 1. The van der Waals surface area contributed by atoms with Crippen molar-refractivity contribution in [1.82, 2.24) is 9.88 Å². The Bertz CT molecular complexity index is 1230. The van der Waals surface area contributed by atoms with Crippen LogP contribution in [-0.2, 0) is 20.9 Å². The molecule has 2 heterocycles. The summed E-state index contributed by atoms with van der Waals surface area (Å²) in [5.41, 5.74) is 2.02. The van der Waals surface area contributed by atoms with E-state index in [1.165, 1.54) is 7.11 Å². The predicted octanol–water partition coefficient (Wildman–Crippen LogP) is 5.74. The van der Waals surface area contributed by atoms with E-state index in [0.29, 0.717) is 30.5 Å². The van der Waals surface area contributed by atoms with Crippen molar-refractivity contribution in [2.45, 2.75) is 52.2 Å². The maximum atomic E-state index is 12.7. The summed E-state index contributed by atoms with van der Waals surface area (Å²) in [6.45, 7) is 8.50. The lowest BCUT2D eigenvalue weighted by molar-refractivity contribution is -0.141. The molecule has 2 aromatic carbocycles. The van der Waals surface area contributed by atoms with Gasteiger partial charge in [-0.25, -0.2) is 9.78 Å². The van der Waals surface area contributed by atoms with Gasteiger partial charge in [0.2, 0.25) is 5.89 Å². The predicted molar refractivity (Wildman–Crippen MR) is 138 cm³/mol. The number of oxazole rings is 1. The van der Waals surface area contributed by atoms with Crippen molar-refractivity contribution in [3.63, 3.8) is 0 Å². The SMILES string of the molecule is COC(=O)C[C@H]1CN(C(=O)OC(C)(C)C)C[C@H]1c1cccc(OCc2nc(-c3ccccc3)oc2C)c1. The third-order valence-corrected chi connectivity index (χ3v) is 6.32. The molecule has 1 aliphatic heterocycles. The molecule has 8 nitrogen and oxygen atoms in total. The van der Waals surface area contributed by atoms with E-state index in [0.717, 1.165) is 16.8 Å². The van der Waals surface area contributed by atoms with E-state index in [1.807, 2.05) is 82.3 Å². The van der Waals surface area contributed by atoms with E-state index in [4.69, 9.17) is 18.6 Å². The smallest absolute Gasteiger partial charge is 0.410 e. The van der Waals surface area contributed by atoms with Crippen molar-refractivity contribution in [1.29, 1.82) is 0 Å². The van der Waals surface area contributed by atoms with Crippen LogP contribution in [0.3, 0.4) is 0 Å². The average molecular weight is 507 g/mol. The molecule has 0 radical (unpaired) electrons. The molecule has 8 heteroatoms. The number of amides is 1. The van der Waals surface area contributed by atoms with Crippen LogP contribution in [-0.4, -0.2) is 47.7 Å². The van der Waals surface area contributed by atoms with Gasteiger partial charge < -0.3 is 23.5 Å². The summed E-state index contributed by atoms with van der Waals surface area (Å²) in [4.78, 5) is 31.1. The molecule has 2 atom stereocenters. The van der Waals surface area contributed by atoms with Crippen LogP contribution in [0.4, 0.5) is 4.79 Å². The minimum Gasteiger partial charge on any atom is -0.487 e. The van der Waals surface area contributed by atoms with Crippen LogP contribution in [0.2, 0.25) is 0 Å². The molecule has 1 amide bonds. The van der Waals surface area contributed by atoms with Crippen LogP contribution in [0.15, 0.2) is 59.0 Å². The molecule has 3 aromatic rings. The van der Waals surface area contributed by atoms with Gasteiger partial charge in [0.15, 0.2) is 0 Å². The first-order valence-corrected chi connectivity index (χ1v) is 12.4. The molecule has 37 heavy (non-hydrogen) atoms. The molecule has 0 unspecified atom stereocenters. The number of rotatable bonds is 7. The Morgan fingerprint density at radius 3 is 2.54 bits per heavy atom. The molecular weight excluding hydrogens is 472 g/mol. The van der Waals surface area contributed by atoms with Gasteiger partial charge in [-0.1, -0.05) is 30.3 Å². The van der Waals surface area contributed by atoms with Gasteiger partial charge >= 0.3 is 12.1 Å². The number of hydrogen-bond acceptors (Lipinski definition) is 7. The van der Waals surface area contributed by atoms with Crippen molar-refractivity contribution >= 4 is 12.1 Å². The van der Waals surface area contributed by atoms with Crippen LogP contribution in [0.25, 0.3) is 11.5 Å². The molecule has 0 N–H and O–H groups in total. The van der Waals surface area contributed by atoms with Gasteiger partial charge in [-0.3, -0.25) is 4.79 Å². The number of methoxy groups -OCH3 is 1. The van der Waals surface area contributed by atoms with Crippen LogP contribution >= 0.6 is 0 Å². The summed E-state index contributed by atoms with van der Waals surface area (Å²) in [6, 6.07) is 17.5. The van der Waals surface area contributed by atoms with Gasteiger partial charge in [-0.2, -0.15) is 0 Å². The molecule has 1 aliphatic rings. The Labute approximate surface area is 217 Å². The number of ether oxygens (including phenoxy) is 3. The number of carbonyl (C=O) groups is 2. The molecular formula is C29H34N2O6. The lowest BCUT2D eigenvalue weighted by atomic mass is 9.87. The Balaban J connectivity index is 1.48. The minimum atomic E-state index is -0.597. The second-order valence-corrected chi connectivity index (χ2v) is 10.3. The lowest BCUT2D eigenvalue weighted by Gasteiger charge is -2.24. The number of carbonyl (C=O) groups excluding carboxylic acids is 2. The van der Waals surface area contributed by atoms with E-state index in [9.17, 15) is 9.59 Å². The fourth-order valence-corrected chi connectivity index (χ4v) is 4.48. The number of nitrogens with zero attached hydrogens (tertiary/aromatic N) is 2. The average Bonchev–Trinajstić information content (AvgIpc) is 3.46. The molecule has 0 bridgehead atoms. The van der Waals surface area contributed by atoms with E-state index < -0.39 is 5.60 Å². The van der Waals surface area contributed by atoms with E-state index >= 15 is 0 Å². The molecule has 1 saturated heterocycles. The fraction of sp³-hybridized carbons (Fsp3) is 0.414. The monoisotopic (exact) mass is 506 g/mol. The number of aromatic nitrogens is 1. The number of benzene rings is 2. The Morgan fingerprint density at radius 2 is 1.84 bits per heavy atom. The summed E-state index contributed by atoms with van der Waals surface area (Å²) in [5, 5.41) is 0. The summed E-state index contributed by atoms with van der Waals surface area (Å²) in [5.74, 6) is 1.48. The summed E-state index contributed by atoms with van der Waals surface area (Å²) in [7, 11) is 1.38. The van der Waals surface area contributed by atoms with Crippen LogP contribution in [0.1, 0.15) is 50.1 Å². The standard InChI is InChI=1S/C29H34N2O6/c1-19-25(30-27(36-19)20-10-7-6-8-11-20)18-35-23-13-9-12-21(14-23)24-17-31(28(33)37-29(2,3)4)16-22(24)15-26(32)34-5/h6-14,22,24H,15-18H2,1-5H3/t22-,24-/m0/s1. The van der Waals surface area contributed by atoms with Crippen LogP contribution in [0.5, 0.6) is 5.75 Å². The van der Waals surface area contributed by atoms with Crippen molar-refractivity contribution in [3.8, 4) is 17.2 Å². The van der Waals surface area contributed by atoms with Crippen molar-refractivity contribution < 1.29 is 28.2 Å². The second-order valence-electron chi connectivity index (χ2n) is 10.3. The van der Waals surface area contributed by atoms with Gasteiger partial charge in [-0.15, -0.1) is 0 Å². The highest BCUT2D eigenvalue weighted by Gasteiger charge is 2.39. The Kier molecular flexibility index (Phi) is 7.86. The molecule has 0 saturated carbocycles. The van der Waals surface area contributed by atoms with Crippen molar-refractivity contribution in [3.05, 3.63) is 71.6 Å². The normalized spacial score (nSPS) is 17.5. The maximum absolute atomic E-state index is 12.7. The third kappa shape index (κ3) is 6.70. The first-order valence-electron chi connectivity index (χ1n) is 12.4. The topological polar surface area (TPSA) is 91.1 Å². The summed E-state index contributed by atoms with van der Waals surface area (Å²) in [6.07, 6.45) is -0.167. The molecule has 196 valence electrons. The Hall–Kier alpha value is -3.81. The first-order chi connectivity index (χ1) is 17.6. The van der Waals surface area contributed by atoms with Crippen LogP contribution < -0.4 is 4.74 Å². The Morgan fingerprint density at radius 1 is 1.08 bits per heavy atom. The molecule has 1 aromatic heterocycles. The zero-order chi connectivity index (χ0) is 26.6.